The van der Waals surface area contributed by atoms with Gasteiger partial charge in [0.25, 0.3) is 0 Å². The Bertz CT molecular complexity index is 514. The van der Waals surface area contributed by atoms with Crippen LogP contribution < -0.4 is 10.6 Å². The van der Waals surface area contributed by atoms with Crippen molar-refractivity contribution in [1.82, 2.24) is 15.5 Å². The van der Waals surface area contributed by atoms with Gasteiger partial charge >= 0.3 is 6.03 Å². The maximum atomic E-state index is 13.2. The molecular weight excluding hydrogens is 330 g/mol. The summed E-state index contributed by atoms with van der Waals surface area (Å²) in [5.74, 6) is 0.0231. The van der Waals surface area contributed by atoms with Crippen LogP contribution in [0.25, 0.3) is 0 Å². The molecule has 2 fully saturated rings. The van der Waals surface area contributed by atoms with Crippen LogP contribution in [-0.4, -0.2) is 47.8 Å². The van der Waals surface area contributed by atoms with E-state index in [1.165, 1.54) is 6.42 Å². The number of carbonyl (C=O) groups excluding carboxylic acids is 3. The number of rotatable bonds is 6. The summed E-state index contributed by atoms with van der Waals surface area (Å²) in [6, 6.07) is -1.10. The molecule has 0 aromatic heterocycles. The van der Waals surface area contributed by atoms with Gasteiger partial charge in [0.15, 0.2) is 0 Å². The average Bonchev–Trinajstić information content (AvgIpc) is 3.00. The van der Waals surface area contributed by atoms with Gasteiger partial charge in [-0.2, -0.15) is 0 Å². The van der Waals surface area contributed by atoms with Crippen molar-refractivity contribution in [3.63, 3.8) is 0 Å². The topological polar surface area (TPSA) is 78.5 Å². The number of nitrogens with zero attached hydrogens (tertiary/aromatic N) is 1. The summed E-state index contributed by atoms with van der Waals surface area (Å²) in [6.45, 7) is 8.57. The third-order valence-corrected chi connectivity index (χ3v) is 6.35. The van der Waals surface area contributed by atoms with Crippen LogP contribution in [0.4, 0.5) is 4.79 Å². The summed E-state index contributed by atoms with van der Waals surface area (Å²) in [6.07, 6.45) is 7.95. The van der Waals surface area contributed by atoms with E-state index in [0.29, 0.717) is 6.54 Å². The van der Waals surface area contributed by atoms with Crippen LogP contribution >= 0.6 is 0 Å². The van der Waals surface area contributed by atoms with Crippen LogP contribution in [0.2, 0.25) is 0 Å². The number of nitrogens with one attached hydrogen (secondary N) is 2. The lowest BCUT2D eigenvalue weighted by atomic mass is 9.81. The predicted octanol–water partition coefficient (Wildman–Crippen LogP) is 2.86. The highest BCUT2D eigenvalue weighted by molar-refractivity contribution is 5.89. The summed E-state index contributed by atoms with van der Waals surface area (Å²) in [4.78, 5) is 38.9. The summed E-state index contributed by atoms with van der Waals surface area (Å²) in [5, 5.41) is 5.97. The predicted molar refractivity (Wildman–Crippen MR) is 102 cm³/mol. The zero-order valence-corrected chi connectivity index (χ0v) is 16.7. The highest BCUT2D eigenvalue weighted by Gasteiger charge is 2.43. The minimum Gasteiger partial charge on any atom is -0.335 e. The van der Waals surface area contributed by atoms with Crippen molar-refractivity contribution in [3.05, 3.63) is 0 Å². The molecule has 148 valence electrons. The van der Waals surface area contributed by atoms with E-state index in [0.717, 1.165) is 44.8 Å². The molecule has 0 aromatic carbocycles. The van der Waals surface area contributed by atoms with Crippen LogP contribution in [0.5, 0.6) is 0 Å². The van der Waals surface area contributed by atoms with Crippen molar-refractivity contribution in [2.24, 2.45) is 11.3 Å². The molecule has 26 heavy (non-hydrogen) atoms. The largest absolute Gasteiger partial charge is 0.335 e. The molecule has 6 nitrogen and oxygen atoms in total. The molecule has 0 aromatic rings. The van der Waals surface area contributed by atoms with Gasteiger partial charge in [-0.3, -0.25) is 4.79 Å². The van der Waals surface area contributed by atoms with Gasteiger partial charge in [-0.1, -0.05) is 47.0 Å². The van der Waals surface area contributed by atoms with E-state index in [1.807, 2.05) is 27.7 Å². The summed E-state index contributed by atoms with van der Waals surface area (Å²) in [7, 11) is 0. The summed E-state index contributed by atoms with van der Waals surface area (Å²) in [5.41, 5.74) is -0.389. The molecule has 2 rings (SSSR count). The number of hydrogen-bond donors (Lipinski definition) is 2. The fraction of sp³-hybridized carbons (Fsp3) is 0.850. The molecule has 6 heteroatoms. The van der Waals surface area contributed by atoms with Gasteiger partial charge < -0.3 is 20.3 Å². The van der Waals surface area contributed by atoms with Crippen LogP contribution in [0.1, 0.15) is 72.6 Å². The maximum Gasteiger partial charge on any atom is 0.315 e. The van der Waals surface area contributed by atoms with E-state index in [1.54, 1.807) is 4.90 Å². The average molecular weight is 366 g/mol. The van der Waals surface area contributed by atoms with Gasteiger partial charge in [0, 0.05) is 12.6 Å². The summed E-state index contributed by atoms with van der Waals surface area (Å²) < 4.78 is 0. The SMILES string of the molecule is CCC(C)(C)C(NC(=O)NC1CCCCC1)C(=O)N1CC[C@H](C)C1C=O. The molecule has 1 saturated carbocycles. The lowest BCUT2D eigenvalue weighted by molar-refractivity contribution is -0.139. The van der Waals surface area contributed by atoms with Gasteiger partial charge in [0.1, 0.15) is 12.3 Å². The zero-order valence-electron chi connectivity index (χ0n) is 16.7. The van der Waals surface area contributed by atoms with E-state index in [2.05, 4.69) is 10.6 Å². The lowest BCUT2D eigenvalue weighted by Crippen LogP contribution is -2.59. The second-order valence-electron chi connectivity index (χ2n) is 8.65. The molecule has 1 aliphatic carbocycles. The number of likely N-dealkylation sites (tertiary alicyclic amines) is 1. The number of urea groups is 1. The number of hydrogen-bond acceptors (Lipinski definition) is 3. The molecule has 0 radical (unpaired) electrons. The molecular formula is C20H35N3O3. The van der Waals surface area contributed by atoms with Crippen molar-refractivity contribution >= 4 is 18.2 Å². The minimum absolute atomic E-state index is 0.142. The van der Waals surface area contributed by atoms with Crippen molar-refractivity contribution in [3.8, 4) is 0 Å². The second-order valence-corrected chi connectivity index (χ2v) is 8.65. The first-order chi connectivity index (χ1) is 12.3. The normalized spacial score (nSPS) is 25.6. The Hall–Kier alpha value is -1.59. The Kier molecular flexibility index (Phi) is 7.07. The highest BCUT2D eigenvalue weighted by Crippen LogP contribution is 2.30. The zero-order chi connectivity index (χ0) is 19.3. The Morgan fingerprint density at radius 2 is 1.85 bits per heavy atom. The smallest absolute Gasteiger partial charge is 0.315 e. The molecule has 2 unspecified atom stereocenters. The second kappa shape index (κ2) is 8.87. The fourth-order valence-corrected chi connectivity index (χ4v) is 4.00. The Morgan fingerprint density at radius 3 is 2.42 bits per heavy atom. The van der Waals surface area contributed by atoms with Gasteiger partial charge in [0.05, 0.1) is 6.04 Å². The van der Waals surface area contributed by atoms with Crippen LogP contribution in [0.3, 0.4) is 0 Å². The molecule has 3 amide bonds. The van der Waals surface area contributed by atoms with Gasteiger partial charge in [-0.15, -0.1) is 0 Å². The third-order valence-electron chi connectivity index (χ3n) is 6.35. The van der Waals surface area contributed by atoms with Crippen LogP contribution in [-0.2, 0) is 9.59 Å². The van der Waals surface area contributed by atoms with Crippen molar-refractivity contribution in [2.75, 3.05) is 6.54 Å². The molecule has 2 aliphatic rings. The Labute approximate surface area is 157 Å². The Balaban J connectivity index is 2.09. The van der Waals surface area contributed by atoms with E-state index < -0.39 is 6.04 Å². The summed E-state index contributed by atoms with van der Waals surface area (Å²) >= 11 is 0. The van der Waals surface area contributed by atoms with Gasteiger partial charge in [-0.05, 0) is 37.0 Å². The molecule has 1 heterocycles. The standard InChI is InChI=1S/C20H35N3O3/c1-5-20(3,4)17(18(25)23-12-11-14(2)16(23)13-24)22-19(26)21-15-9-7-6-8-10-15/h13-17H,5-12H2,1-4H3,(H2,21,22,26)/t14-,16?,17?/m0/s1. The fourth-order valence-electron chi connectivity index (χ4n) is 4.00. The van der Waals surface area contributed by atoms with Gasteiger partial charge in [-0.25, -0.2) is 4.79 Å². The molecule has 0 spiro atoms. The highest BCUT2D eigenvalue weighted by atomic mass is 16.2. The molecule has 0 bridgehead atoms. The molecule has 2 N–H and O–H groups in total. The first-order valence-corrected chi connectivity index (χ1v) is 10.1. The monoisotopic (exact) mass is 365 g/mol. The Morgan fingerprint density at radius 1 is 1.19 bits per heavy atom. The van der Waals surface area contributed by atoms with Crippen molar-refractivity contribution < 1.29 is 14.4 Å². The third kappa shape index (κ3) is 4.77. The molecule has 1 saturated heterocycles. The van der Waals surface area contributed by atoms with E-state index in [4.69, 9.17) is 0 Å². The first kappa shape index (κ1) is 20.7. The number of carbonyl (C=O) groups is 3. The van der Waals surface area contributed by atoms with Crippen molar-refractivity contribution in [1.29, 1.82) is 0 Å². The quantitative estimate of drug-likeness (QED) is 0.711. The minimum atomic E-state index is -0.635. The number of amides is 3. The lowest BCUT2D eigenvalue weighted by Gasteiger charge is -2.37. The van der Waals surface area contributed by atoms with E-state index in [9.17, 15) is 14.4 Å². The first-order valence-electron chi connectivity index (χ1n) is 10.1. The van der Waals surface area contributed by atoms with Crippen LogP contribution in [0.15, 0.2) is 0 Å². The maximum absolute atomic E-state index is 13.2. The van der Waals surface area contributed by atoms with E-state index in [-0.39, 0.29) is 35.4 Å². The van der Waals surface area contributed by atoms with Crippen LogP contribution in [0, 0.1) is 11.3 Å². The van der Waals surface area contributed by atoms with E-state index >= 15 is 0 Å². The van der Waals surface area contributed by atoms with Gasteiger partial charge in [0.2, 0.25) is 5.91 Å². The van der Waals surface area contributed by atoms with Crippen molar-refractivity contribution in [2.45, 2.75) is 90.8 Å². The molecule has 1 aliphatic heterocycles. The number of aldehydes is 1. The molecule has 3 atom stereocenters.